The monoisotopic (exact) mass is 360 g/mol. The standard InChI is InChI=1S/C14H28.C11H16O/c1-4-13(3)14-9-7-5-6-8-12(2)10-11-14;1-4-5-9-8-10(12)6-7-11(9,2)3/h12-14H,4-11H2,1-3H3;6-8H,4-5H2,1-3H3/t12?,13-,14?;/m1./s1. The molecule has 2 aliphatic rings. The number of rotatable bonds is 4. The van der Waals surface area contributed by atoms with Crippen molar-refractivity contribution in [1.29, 1.82) is 0 Å². The van der Waals surface area contributed by atoms with Gasteiger partial charge in [0.1, 0.15) is 0 Å². The predicted octanol–water partition coefficient (Wildman–Crippen LogP) is 7.91. The molecular formula is C25H44O. The van der Waals surface area contributed by atoms with E-state index in [1.54, 1.807) is 12.2 Å². The second-order valence-corrected chi connectivity index (χ2v) is 9.34. The average Bonchev–Trinajstić information content (AvgIpc) is 2.71. The van der Waals surface area contributed by atoms with Crippen molar-refractivity contribution in [3.05, 3.63) is 23.8 Å². The van der Waals surface area contributed by atoms with Crippen molar-refractivity contribution < 1.29 is 4.79 Å². The van der Waals surface area contributed by atoms with E-state index in [4.69, 9.17) is 0 Å². The molecule has 0 saturated heterocycles. The SMILES string of the molecule is CCCC1=CC(=O)C=CC1(C)C.CC[C@@H](C)C1CCCCCC(C)CC1. The first-order valence-electron chi connectivity index (χ1n) is 11.2. The molecule has 0 aromatic carbocycles. The van der Waals surface area contributed by atoms with Crippen molar-refractivity contribution in [1.82, 2.24) is 0 Å². The zero-order valence-corrected chi connectivity index (χ0v) is 18.4. The van der Waals surface area contributed by atoms with Gasteiger partial charge in [0.25, 0.3) is 0 Å². The fraction of sp³-hybridized carbons (Fsp3) is 0.800. The molecule has 0 bridgehead atoms. The van der Waals surface area contributed by atoms with Gasteiger partial charge in [0.05, 0.1) is 0 Å². The highest BCUT2D eigenvalue weighted by atomic mass is 16.1. The number of hydrogen-bond acceptors (Lipinski definition) is 1. The number of allylic oxidation sites excluding steroid dienone is 4. The molecule has 0 amide bonds. The summed E-state index contributed by atoms with van der Waals surface area (Å²) in [5, 5.41) is 0. The lowest BCUT2D eigenvalue weighted by Gasteiger charge is -2.26. The Morgan fingerprint density at radius 3 is 2.42 bits per heavy atom. The van der Waals surface area contributed by atoms with Crippen molar-refractivity contribution in [2.75, 3.05) is 0 Å². The predicted molar refractivity (Wildman–Crippen MR) is 115 cm³/mol. The minimum absolute atomic E-state index is 0.0872. The summed E-state index contributed by atoms with van der Waals surface area (Å²) in [7, 11) is 0. The lowest BCUT2D eigenvalue weighted by Crippen LogP contribution is -2.16. The first kappa shape index (κ1) is 23.2. The van der Waals surface area contributed by atoms with E-state index in [1.807, 2.05) is 6.08 Å². The molecule has 1 saturated carbocycles. The van der Waals surface area contributed by atoms with E-state index >= 15 is 0 Å². The topological polar surface area (TPSA) is 17.1 Å². The van der Waals surface area contributed by atoms with Crippen LogP contribution in [0.3, 0.4) is 0 Å². The summed E-state index contributed by atoms with van der Waals surface area (Å²) in [6.07, 6.45) is 19.4. The second kappa shape index (κ2) is 11.8. The van der Waals surface area contributed by atoms with E-state index in [0.29, 0.717) is 0 Å². The minimum atomic E-state index is 0.0872. The van der Waals surface area contributed by atoms with E-state index in [2.05, 4.69) is 41.5 Å². The third-order valence-corrected chi connectivity index (χ3v) is 6.58. The van der Waals surface area contributed by atoms with Gasteiger partial charge in [-0.05, 0) is 42.7 Å². The molecule has 0 heterocycles. The highest BCUT2D eigenvalue weighted by Crippen LogP contribution is 2.33. The van der Waals surface area contributed by atoms with Gasteiger partial charge in [-0.25, -0.2) is 0 Å². The molecule has 150 valence electrons. The van der Waals surface area contributed by atoms with Gasteiger partial charge >= 0.3 is 0 Å². The fourth-order valence-corrected chi connectivity index (χ4v) is 4.23. The molecule has 0 spiro atoms. The molecule has 2 aliphatic carbocycles. The first-order valence-corrected chi connectivity index (χ1v) is 11.2. The largest absolute Gasteiger partial charge is 0.290 e. The molecule has 3 atom stereocenters. The molecule has 1 fully saturated rings. The van der Waals surface area contributed by atoms with Crippen LogP contribution in [0, 0.1) is 23.2 Å². The van der Waals surface area contributed by atoms with E-state index < -0.39 is 0 Å². The molecule has 0 aromatic heterocycles. The van der Waals surface area contributed by atoms with Crippen molar-refractivity contribution in [2.24, 2.45) is 23.2 Å². The summed E-state index contributed by atoms with van der Waals surface area (Å²) < 4.78 is 0. The van der Waals surface area contributed by atoms with Crippen LogP contribution in [0.15, 0.2) is 23.8 Å². The first-order chi connectivity index (χ1) is 12.3. The Balaban J connectivity index is 0.000000263. The van der Waals surface area contributed by atoms with Crippen LogP contribution >= 0.6 is 0 Å². The van der Waals surface area contributed by atoms with Gasteiger partial charge in [0.15, 0.2) is 5.78 Å². The Morgan fingerprint density at radius 2 is 1.77 bits per heavy atom. The average molecular weight is 361 g/mol. The highest BCUT2D eigenvalue weighted by Gasteiger charge is 2.23. The maximum atomic E-state index is 11.1. The second-order valence-electron chi connectivity index (χ2n) is 9.34. The van der Waals surface area contributed by atoms with E-state index in [0.717, 1.165) is 30.6 Å². The van der Waals surface area contributed by atoms with Crippen molar-refractivity contribution in [3.63, 3.8) is 0 Å². The van der Waals surface area contributed by atoms with Crippen molar-refractivity contribution in [3.8, 4) is 0 Å². The van der Waals surface area contributed by atoms with Gasteiger partial charge in [-0.15, -0.1) is 0 Å². The van der Waals surface area contributed by atoms with Crippen LogP contribution in [0.4, 0.5) is 0 Å². The Kier molecular flexibility index (Phi) is 10.5. The summed E-state index contributed by atoms with van der Waals surface area (Å²) in [6, 6.07) is 0. The lowest BCUT2D eigenvalue weighted by molar-refractivity contribution is -0.110. The molecule has 1 nitrogen and oxygen atoms in total. The Morgan fingerprint density at radius 1 is 1.08 bits per heavy atom. The van der Waals surface area contributed by atoms with Crippen LogP contribution in [0.1, 0.15) is 106 Å². The van der Waals surface area contributed by atoms with Gasteiger partial charge in [0.2, 0.25) is 0 Å². The molecular weight excluding hydrogens is 316 g/mol. The van der Waals surface area contributed by atoms with Crippen molar-refractivity contribution in [2.45, 2.75) is 106 Å². The molecule has 1 heteroatoms. The maximum absolute atomic E-state index is 11.1. The summed E-state index contributed by atoms with van der Waals surface area (Å²) >= 11 is 0. The number of carbonyl (C=O) groups is 1. The third kappa shape index (κ3) is 8.23. The van der Waals surface area contributed by atoms with Gasteiger partial charge in [-0.3, -0.25) is 4.79 Å². The number of ketones is 1. The van der Waals surface area contributed by atoms with Crippen LogP contribution in [0.5, 0.6) is 0 Å². The molecule has 0 radical (unpaired) electrons. The van der Waals surface area contributed by atoms with Crippen LogP contribution in [-0.4, -0.2) is 5.78 Å². The number of carbonyl (C=O) groups excluding carboxylic acids is 1. The van der Waals surface area contributed by atoms with E-state index in [9.17, 15) is 4.79 Å². The summed E-state index contributed by atoms with van der Waals surface area (Å²) in [6.45, 7) is 13.7. The zero-order valence-electron chi connectivity index (χ0n) is 18.4. The summed E-state index contributed by atoms with van der Waals surface area (Å²) in [5.74, 6) is 3.11. The van der Waals surface area contributed by atoms with Crippen LogP contribution in [0.2, 0.25) is 0 Å². The van der Waals surface area contributed by atoms with Crippen LogP contribution in [-0.2, 0) is 4.79 Å². The fourth-order valence-electron chi connectivity index (χ4n) is 4.23. The molecule has 0 N–H and O–H groups in total. The Hall–Kier alpha value is -0.850. The summed E-state index contributed by atoms with van der Waals surface area (Å²) in [4.78, 5) is 11.1. The highest BCUT2D eigenvalue weighted by molar-refractivity contribution is 6.01. The normalized spacial score (nSPS) is 27.3. The maximum Gasteiger partial charge on any atom is 0.178 e. The Labute approximate surface area is 163 Å². The van der Waals surface area contributed by atoms with Crippen LogP contribution in [0.25, 0.3) is 0 Å². The van der Waals surface area contributed by atoms with E-state index in [-0.39, 0.29) is 11.2 Å². The Bertz CT molecular complexity index is 469. The quantitative estimate of drug-likeness (QED) is 0.498. The van der Waals surface area contributed by atoms with Crippen LogP contribution < -0.4 is 0 Å². The zero-order chi connectivity index (χ0) is 19.6. The molecule has 0 aliphatic heterocycles. The van der Waals surface area contributed by atoms with Gasteiger partial charge in [0, 0.05) is 5.41 Å². The molecule has 2 unspecified atom stereocenters. The molecule has 0 aromatic rings. The third-order valence-electron chi connectivity index (χ3n) is 6.58. The lowest BCUT2D eigenvalue weighted by atomic mass is 9.78. The van der Waals surface area contributed by atoms with Crippen molar-refractivity contribution >= 4 is 5.78 Å². The molecule has 2 rings (SSSR count). The molecule has 26 heavy (non-hydrogen) atoms. The summed E-state index contributed by atoms with van der Waals surface area (Å²) in [5.41, 5.74) is 1.35. The number of hydrogen-bond donors (Lipinski definition) is 0. The van der Waals surface area contributed by atoms with Gasteiger partial charge in [-0.1, -0.05) is 105 Å². The van der Waals surface area contributed by atoms with E-state index in [1.165, 1.54) is 56.9 Å². The van der Waals surface area contributed by atoms with Gasteiger partial charge < -0.3 is 0 Å². The minimum Gasteiger partial charge on any atom is -0.290 e. The van der Waals surface area contributed by atoms with Gasteiger partial charge in [-0.2, -0.15) is 0 Å². The smallest absolute Gasteiger partial charge is 0.178 e.